The molecule has 21 heavy (non-hydrogen) atoms. The maximum absolute atomic E-state index is 6.10. The lowest BCUT2D eigenvalue weighted by molar-refractivity contribution is -0.0847. The lowest BCUT2D eigenvalue weighted by Crippen LogP contribution is -2.44. The summed E-state index contributed by atoms with van der Waals surface area (Å²) in [5.74, 6) is 3.26. The molecule has 0 radical (unpaired) electrons. The molecule has 1 atom stereocenters. The second kappa shape index (κ2) is 6.05. The fraction of sp³-hybridized carbons (Fsp3) is 0.875. The molecule has 1 aliphatic carbocycles. The lowest BCUT2D eigenvalue weighted by atomic mass is 9.79. The summed E-state index contributed by atoms with van der Waals surface area (Å²) in [6.45, 7) is 9.33. The Hall–Kier alpha value is -0.940. The van der Waals surface area contributed by atoms with Crippen LogP contribution in [0.4, 0.5) is 0 Å². The molecule has 3 rings (SSSR count). The Morgan fingerprint density at radius 3 is 2.67 bits per heavy atom. The first-order valence-corrected chi connectivity index (χ1v) is 8.33. The molecule has 2 heterocycles. The highest BCUT2D eigenvalue weighted by Gasteiger charge is 2.41. The highest BCUT2D eigenvalue weighted by Crippen LogP contribution is 2.41. The minimum absolute atomic E-state index is 0.319. The zero-order valence-corrected chi connectivity index (χ0v) is 13.4. The molecular formula is C16H27N3O2. The molecule has 1 aliphatic heterocycles. The van der Waals surface area contributed by atoms with Crippen LogP contribution in [0, 0.1) is 11.8 Å². The van der Waals surface area contributed by atoms with Crippen LogP contribution in [-0.2, 0) is 10.3 Å². The minimum atomic E-state index is -0.319. The molecule has 0 spiro atoms. The van der Waals surface area contributed by atoms with Crippen LogP contribution in [0.25, 0.3) is 0 Å². The third-order valence-corrected chi connectivity index (χ3v) is 5.26. The summed E-state index contributed by atoms with van der Waals surface area (Å²) in [5.41, 5.74) is -0.319. The molecule has 118 valence electrons. The Morgan fingerprint density at radius 2 is 2.10 bits per heavy atom. The van der Waals surface area contributed by atoms with Gasteiger partial charge in [0.15, 0.2) is 0 Å². The Balaban J connectivity index is 1.78. The smallest absolute Gasteiger partial charge is 0.229 e. The molecule has 1 aromatic rings. The predicted octanol–water partition coefficient (Wildman–Crippen LogP) is 2.83. The Labute approximate surface area is 126 Å². The fourth-order valence-corrected chi connectivity index (χ4v) is 3.41. The molecule has 2 fully saturated rings. The van der Waals surface area contributed by atoms with E-state index in [1.165, 1.54) is 12.8 Å². The molecule has 0 amide bonds. The molecule has 2 aliphatic rings. The van der Waals surface area contributed by atoms with Crippen molar-refractivity contribution >= 4 is 0 Å². The van der Waals surface area contributed by atoms with E-state index < -0.39 is 0 Å². The molecule has 1 N–H and O–H groups in total. The molecule has 5 nitrogen and oxygen atoms in total. The van der Waals surface area contributed by atoms with Crippen LogP contribution in [0.1, 0.15) is 64.1 Å². The second-order valence-electron chi connectivity index (χ2n) is 6.77. The van der Waals surface area contributed by atoms with E-state index in [-0.39, 0.29) is 5.60 Å². The van der Waals surface area contributed by atoms with Crippen molar-refractivity contribution in [2.24, 2.45) is 11.8 Å². The van der Waals surface area contributed by atoms with Crippen molar-refractivity contribution < 1.29 is 9.26 Å². The summed E-state index contributed by atoms with van der Waals surface area (Å²) in [4.78, 5) is 4.72. The number of hydrogen-bond acceptors (Lipinski definition) is 5. The number of ether oxygens (including phenoxy) is 1. The Morgan fingerprint density at radius 1 is 1.38 bits per heavy atom. The first-order chi connectivity index (χ1) is 10.1. The van der Waals surface area contributed by atoms with Gasteiger partial charge in [-0.1, -0.05) is 19.0 Å². The molecule has 0 bridgehead atoms. The van der Waals surface area contributed by atoms with Gasteiger partial charge in [0.2, 0.25) is 11.7 Å². The number of nitrogens with zero attached hydrogens (tertiary/aromatic N) is 2. The van der Waals surface area contributed by atoms with E-state index >= 15 is 0 Å². The first-order valence-electron chi connectivity index (χ1n) is 8.33. The van der Waals surface area contributed by atoms with Gasteiger partial charge in [-0.05, 0) is 57.5 Å². The van der Waals surface area contributed by atoms with Crippen molar-refractivity contribution in [3.63, 3.8) is 0 Å². The van der Waals surface area contributed by atoms with E-state index in [9.17, 15) is 0 Å². The SMILES string of the molecule is CCOC1(c2noc(C(C)C3CNC3)n2)CCC(C)CC1. The summed E-state index contributed by atoms with van der Waals surface area (Å²) < 4.78 is 11.7. The molecule has 0 aromatic carbocycles. The van der Waals surface area contributed by atoms with Crippen LogP contribution in [0.5, 0.6) is 0 Å². The molecule has 1 unspecified atom stereocenters. The normalized spacial score (nSPS) is 31.9. The van der Waals surface area contributed by atoms with Crippen LogP contribution >= 0.6 is 0 Å². The predicted molar refractivity (Wildman–Crippen MR) is 80.0 cm³/mol. The van der Waals surface area contributed by atoms with Gasteiger partial charge in [-0.3, -0.25) is 0 Å². The molecule has 1 saturated carbocycles. The van der Waals surface area contributed by atoms with Crippen LogP contribution in [-0.4, -0.2) is 29.8 Å². The van der Waals surface area contributed by atoms with Gasteiger partial charge in [0, 0.05) is 12.5 Å². The maximum Gasteiger partial charge on any atom is 0.229 e. The average Bonchev–Trinajstić information content (AvgIpc) is 2.90. The van der Waals surface area contributed by atoms with Crippen LogP contribution in [0.3, 0.4) is 0 Å². The molecule has 1 saturated heterocycles. The number of aromatic nitrogens is 2. The zero-order valence-electron chi connectivity index (χ0n) is 13.4. The third kappa shape index (κ3) is 2.86. The monoisotopic (exact) mass is 293 g/mol. The summed E-state index contributed by atoms with van der Waals surface area (Å²) in [5, 5.41) is 7.59. The lowest BCUT2D eigenvalue weighted by Gasteiger charge is -2.36. The van der Waals surface area contributed by atoms with Gasteiger partial charge in [-0.2, -0.15) is 4.98 Å². The fourth-order valence-electron chi connectivity index (χ4n) is 3.41. The molecular weight excluding hydrogens is 266 g/mol. The van der Waals surface area contributed by atoms with Crippen molar-refractivity contribution in [3.05, 3.63) is 11.7 Å². The van der Waals surface area contributed by atoms with Crippen molar-refractivity contribution in [2.75, 3.05) is 19.7 Å². The summed E-state index contributed by atoms with van der Waals surface area (Å²) in [7, 11) is 0. The van der Waals surface area contributed by atoms with Gasteiger partial charge in [-0.15, -0.1) is 0 Å². The van der Waals surface area contributed by atoms with Gasteiger partial charge in [-0.25, -0.2) is 0 Å². The topological polar surface area (TPSA) is 60.2 Å². The van der Waals surface area contributed by atoms with E-state index in [1.807, 2.05) is 6.92 Å². The van der Waals surface area contributed by atoms with Crippen LogP contribution in [0.2, 0.25) is 0 Å². The number of rotatable bonds is 5. The Bertz CT molecular complexity index is 462. The highest BCUT2D eigenvalue weighted by atomic mass is 16.5. The van der Waals surface area contributed by atoms with Crippen molar-refractivity contribution in [3.8, 4) is 0 Å². The summed E-state index contributed by atoms with van der Waals surface area (Å²) in [6, 6.07) is 0. The second-order valence-corrected chi connectivity index (χ2v) is 6.77. The molecule has 1 aromatic heterocycles. The number of nitrogens with one attached hydrogen (secondary N) is 1. The van der Waals surface area contributed by atoms with Gasteiger partial charge in [0.1, 0.15) is 5.60 Å². The van der Waals surface area contributed by atoms with E-state index in [4.69, 9.17) is 14.2 Å². The van der Waals surface area contributed by atoms with Gasteiger partial charge < -0.3 is 14.6 Å². The van der Waals surface area contributed by atoms with E-state index in [0.29, 0.717) is 18.4 Å². The third-order valence-electron chi connectivity index (χ3n) is 5.26. The zero-order chi connectivity index (χ0) is 14.9. The van der Waals surface area contributed by atoms with Gasteiger partial charge >= 0.3 is 0 Å². The first kappa shape index (κ1) is 15.0. The number of hydrogen-bond donors (Lipinski definition) is 1. The largest absolute Gasteiger partial charge is 0.367 e. The standard InChI is InChI=1S/C16H27N3O2/c1-4-20-16(7-5-11(2)6-8-16)15-18-14(21-19-15)12(3)13-9-17-10-13/h11-13,17H,4-10H2,1-3H3. The maximum atomic E-state index is 6.10. The minimum Gasteiger partial charge on any atom is -0.367 e. The van der Waals surface area contributed by atoms with E-state index in [0.717, 1.165) is 43.6 Å². The van der Waals surface area contributed by atoms with E-state index in [1.54, 1.807) is 0 Å². The summed E-state index contributed by atoms with van der Waals surface area (Å²) in [6.07, 6.45) is 4.35. The summed E-state index contributed by atoms with van der Waals surface area (Å²) >= 11 is 0. The van der Waals surface area contributed by atoms with Crippen molar-refractivity contribution in [1.82, 2.24) is 15.5 Å². The van der Waals surface area contributed by atoms with E-state index in [2.05, 4.69) is 24.3 Å². The highest BCUT2D eigenvalue weighted by molar-refractivity contribution is 5.07. The van der Waals surface area contributed by atoms with Gasteiger partial charge in [0.25, 0.3) is 0 Å². The van der Waals surface area contributed by atoms with Crippen LogP contribution < -0.4 is 5.32 Å². The quantitative estimate of drug-likeness (QED) is 0.904. The van der Waals surface area contributed by atoms with Crippen LogP contribution in [0.15, 0.2) is 4.52 Å². The molecule has 5 heteroatoms. The average molecular weight is 293 g/mol. The van der Waals surface area contributed by atoms with Gasteiger partial charge in [0.05, 0.1) is 0 Å². The van der Waals surface area contributed by atoms with Crippen molar-refractivity contribution in [1.29, 1.82) is 0 Å². The Kier molecular flexibility index (Phi) is 4.31. The van der Waals surface area contributed by atoms with Crippen molar-refractivity contribution in [2.45, 2.75) is 58.0 Å².